The Labute approximate surface area is 123 Å². The predicted molar refractivity (Wildman–Crippen MR) is 76.0 cm³/mol. The summed E-state index contributed by atoms with van der Waals surface area (Å²) >= 11 is 0. The number of sulfone groups is 1. The molecule has 21 heavy (non-hydrogen) atoms. The summed E-state index contributed by atoms with van der Waals surface area (Å²) in [4.78, 5) is 12.4. The first-order valence-corrected chi connectivity index (χ1v) is 8.85. The van der Waals surface area contributed by atoms with Crippen LogP contribution in [0.3, 0.4) is 0 Å². The maximum absolute atomic E-state index is 14.0. The number of hydrogen-bond acceptors (Lipinski definition) is 3. The first-order valence-electron chi connectivity index (χ1n) is 6.89. The topological polar surface area (TPSA) is 51.2 Å². The Bertz CT molecular complexity index is 668. The Balaban J connectivity index is 2.31. The lowest BCUT2D eigenvalue weighted by Gasteiger charge is -2.27. The van der Waals surface area contributed by atoms with Gasteiger partial charge in [0.1, 0.15) is 21.5 Å². The van der Waals surface area contributed by atoms with Crippen molar-refractivity contribution in [1.29, 1.82) is 0 Å². The van der Waals surface area contributed by atoms with Crippen LogP contribution in [0.1, 0.15) is 41.6 Å². The maximum Gasteiger partial charge on any atom is 0.171 e. The van der Waals surface area contributed by atoms with Crippen molar-refractivity contribution in [3.8, 4) is 0 Å². The number of halogens is 2. The van der Waals surface area contributed by atoms with Crippen LogP contribution in [-0.2, 0) is 9.84 Å². The van der Waals surface area contributed by atoms with Crippen molar-refractivity contribution >= 4 is 15.6 Å². The second kappa shape index (κ2) is 5.83. The lowest BCUT2D eigenvalue weighted by molar-refractivity contribution is 0.0882. The summed E-state index contributed by atoms with van der Waals surface area (Å²) in [7, 11) is -3.24. The molecule has 1 aromatic carbocycles. The molecule has 1 saturated carbocycles. The molecule has 0 aromatic heterocycles. The number of ketones is 1. The van der Waals surface area contributed by atoms with E-state index in [0.717, 1.165) is 12.3 Å². The molecule has 1 aliphatic carbocycles. The molecule has 1 fully saturated rings. The van der Waals surface area contributed by atoms with Crippen LogP contribution in [0, 0.1) is 24.5 Å². The van der Waals surface area contributed by atoms with Crippen molar-refractivity contribution in [2.75, 3.05) is 6.26 Å². The lowest BCUT2D eigenvalue weighted by atomic mass is 9.83. The minimum absolute atomic E-state index is 0.143. The second-order valence-corrected chi connectivity index (χ2v) is 8.06. The molecule has 1 aliphatic rings. The lowest BCUT2D eigenvalue weighted by Crippen LogP contribution is -2.31. The van der Waals surface area contributed by atoms with Gasteiger partial charge in [-0.05, 0) is 37.8 Å². The number of benzene rings is 1. The molecule has 0 spiro atoms. The van der Waals surface area contributed by atoms with Gasteiger partial charge < -0.3 is 0 Å². The van der Waals surface area contributed by atoms with Crippen LogP contribution in [0.5, 0.6) is 0 Å². The van der Waals surface area contributed by atoms with Gasteiger partial charge in [0, 0.05) is 12.2 Å². The smallest absolute Gasteiger partial charge is 0.171 e. The number of hydrogen-bond donors (Lipinski definition) is 0. The van der Waals surface area contributed by atoms with Gasteiger partial charge in [-0.15, -0.1) is 0 Å². The molecule has 0 bridgehead atoms. The van der Waals surface area contributed by atoms with Gasteiger partial charge in [0.05, 0.1) is 10.8 Å². The Morgan fingerprint density at radius 3 is 2.52 bits per heavy atom. The minimum atomic E-state index is -3.24. The van der Waals surface area contributed by atoms with Gasteiger partial charge in [0.15, 0.2) is 5.78 Å². The van der Waals surface area contributed by atoms with Gasteiger partial charge in [-0.25, -0.2) is 17.2 Å². The van der Waals surface area contributed by atoms with Crippen molar-refractivity contribution in [2.45, 2.75) is 37.9 Å². The molecule has 0 amide bonds. The van der Waals surface area contributed by atoms with E-state index in [0.29, 0.717) is 19.3 Å². The van der Waals surface area contributed by atoms with E-state index in [1.807, 2.05) is 0 Å². The zero-order valence-corrected chi connectivity index (χ0v) is 12.8. The monoisotopic (exact) mass is 316 g/mol. The predicted octanol–water partition coefficient (Wildman–Crippen LogP) is 3.06. The molecule has 0 aliphatic heterocycles. The minimum Gasteiger partial charge on any atom is -0.294 e. The average molecular weight is 316 g/mol. The van der Waals surface area contributed by atoms with E-state index < -0.39 is 44.0 Å². The third kappa shape index (κ3) is 3.31. The molecule has 0 radical (unpaired) electrons. The van der Waals surface area contributed by atoms with Crippen molar-refractivity contribution in [3.63, 3.8) is 0 Å². The third-order valence-corrected chi connectivity index (χ3v) is 5.77. The summed E-state index contributed by atoms with van der Waals surface area (Å²) in [6, 6.07) is 2.35. The molecule has 2 atom stereocenters. The normalized spacial score (nSPS) is 23.0. The van der Waals surface area contributed by atoms with E-state index in [4.69, 9.17) is 0 Å². The van der Waals surface area contributed by atoms with E-state index >= 15 is 0 Å². The summed E-state index contributed by atoms with van der Waals surface area (Å²) in [5.41, 5.74) is -0.329. The fourth-order valence-electron chi connectivity index (χ4n) is 2.86. The van der Waals surface area contributed by atoms with E-state index in [9.17, 15) is 22.0 Å². The first-order chi connectivity index (χ1) is 9.71. The molecule has 6 heteroatoms. The van der Waals surface area contributed by atoms with Crippen LogP contribution < -0.4 is 0 Å². The van der Waals surface area contributed by atoms with Gasteiger partial charge in [-0.2, -0.15) is 0 Å². The van der Waals surface area contributed by atoms with Gasteiger partial charge in [0.2, 0.25) is 0 Å². The van der Waals surface area contributed by atoms with Crippen LogP contribution in [-0.4, -0.2) is 25.7 Å². The fourth-order valence-corrected chi connectivity index (χ4v) is 4.04. The standard InChI is InChI=1S/C15H18F2O3S/c1-9-6-7-12(16)13(14(9)17)15(18)10-4-3-5-11(8-10)21(2,19)20/h6-7,10-11H,3-5,8H2,1-2H3. The van der Waals surface area contributed by atoms with Crippen molar-refractivity contribution < 1.29 is 22.0 Å². The summed E-state index contributed by atoms with van der Waals surface area (Å²) < 4.78 is 51.0. The number of carbonyl (C=O) groups is 1. The molecule has 0 heterocycles. The number of aryl methyl sites for hydroxylation is 1. The van der Waals surface area contributed by atoms with Crippen LogP contribution >= 0.6 is 0 Å². The number of carbonyl (C=O) groups excluding carboxylic acids is 1. The van der Waals surface area contributed by atoms with E-state index in [2.05, 4.69) is 0 Å². The molecule has 2 unspecified atom stereocenters. The average Bonchev–Trinajstić information content (AvgIpc) is 2.42. The zero-order valence-electron chi connectivity index (χ0n) is 12.0. The van der Waals surface area contributed by atoms with Gasteiger partial charge in [-0.3, -0.25) is 4.79 Å². The van der Waals surface area contributed by atoms with Gasteiger partial charge in [0.25, 0.3) is 0 Å². The number of Topliss-reactive ketones (excluding diaryl/α,β-unsaturated/α-hetero) is 1. The highest BCUT2D eigenvalue weighted by atomic mass is 32.2. The van der Waals surface area contributed by atoms with Crippen LogP contribution in [0.4, 0.5) is 8.78 Å². The number of rotatable bonds is 3. The Hall–Kier alpha value is -1.30. The van der Waals surface area contributed by atoms with E-state index in [1.165, 1.54) is 13.0 Å². The quantitative estimate of drug-likeness (QED) is 0.805. The molecule has 1 aromatic rings. The van der Waals surface area contributed by atoms with E-state index in [-0.39, 0.29) is 12.0 Å². The highest BCUT2D eigenvalue weighted by Crippen LogP contribution is 2.32. The van der Waals surface area contributed by atoms with Crippen molar-refractivity contribution in [3.05, 3.63) is 34.9 Å². The van der Waals surface area contributed by atoms with E-state index in [1.54, 1.807) is 0 Å². The SMILES string of the molecule is Cc1ccc(F)c(C(=O)C2CCCC(S(C)(=O)=O)C2)c1F. The summed E-state index contributed by atoms with van der Waals surface area (Å²) in [6.07, 6.45) is 2.82. The van der Waals surface area contributed by atoms with Crippen molar-refractivity contribution in [1.82, 2.24) is 0 Å². The third-order valence-electron chi connectivity index (χ3n) is 4.13. The molecular formula is C15H18F2O3S. The Morgan fingerprint density at radius 2 is 1.90 bits per heavy atom. The largest absolute Gasteiger partial charge is 0.294 e. The Kier molecular flexibility index (Phi) is 4.46. The summed E-state index contributed by atoms with van der Waals surface area (Å²) in [6.45, 7) is 1.46. The molecule has 0 saturated heterocycles. The Morgan fingerprint density at radius 1 is 1.24 bits per heavy atom. The maximum atomic E-state index is 14.0. The zero-order chi connectivity index (χ0) is 15.8. The first kappa shape index (κ1) is 16.1. The molecular weight excluding hydrogens is 298 g/mol. The highest BCUT2D eigenvalue weighted by Gasteiger charge is 2.34. The molecule has 2 rings (SSSR count). The van der Waals surface area contributed by atoms with Crippen LogP contribution in [0.15, 0.2) is 12.1 Å². The highest BCUT2D eigenvalue weighted by molar-refractivity contribution is 7.91. The summed E-state index contributed by atoms with van der Waals surface area (Å²) in [5, 5.41) is -0.601. The van der Waals surface area contributed by atoms with Crippen LogP contribution in [0.25, 0.3) is 0 Å². The van der Waals surface area contributed by atoms with Gasteiger partial charge in [-0.1, -0.05) is 12.5 Å². The fraction of sp³-hybridized carbons (Fsp3) is 0.533. The van der Waals surface area contributed by atoms with Crippen LogP contribution in [0.2, 0.25) is 0 Å². The second-order valence-electron chi connectivity index (χ2n) is 5.73. The molecule has 3 nitrogen and oxygen atoms in total. The molecule has 116 valence electrons. The summed E-state index contributed by atoms with van der Waals surface area (Å²) in [5.74, 6) is -2.99. The van der Waals surface area contributed by atoms with Gasteiger partial charge >= 0.3 is 0 Å². The molecule has 0 N–H and O–H groups in total. The van der Waals surface area contributed by atoms with Crippen molar-refractivity contribution in [2.24, 2.45) is 5.92 Å².